The van der Waals surface area contributed by atoms with Crippen LogP contribution in [0.3, 0.4) is 0 Å². The van der Waals surface area contributed by atoms with Gasteiger partial charge in [0.05, 0.1) is 11.1 Å². The molecular formula is C13H12ClN3OS. The number of aryl methyl sites for hydroxylation is 1. The monoisotopic (exact) mass is 293 g/mol. The Morgan fingerprint density at radius 3 is 3.05 bits per heavy atom. The molecule has 0 aromatic carbocycles. The molecule has 0 aliphatic rings. The van der Waals surface area contributed by atoms with Gasteiger partial charge in [-0.2, -0.15) is 0 Å². The van der Waals surface area contributed by atoms with E-state index in [4.69, 9.17) is 5.21 Å². The van der Waals surface area contributed by atoms with Crippen LogP contribution in [-0.4, -0.2) is 21.4 Å². The maximum absolute atomic E-state index is 8.38. The summed E-state index contributed by atoms with van der Waals surface area (Å²) in [5.74, 6) is 6.06. The van der Waals surface area contributed by atoms with E-state index in [0.717, 1.165) is 22.7 Å². The van der Waals surface area contributed by atoms with E-state index in [2.05, 4.69) is 27.0 Å². The molecule has 6 heteroatoms. The van der Waals surface area contributed by atoms with Crippen molar-refractivity contribution in [3.8, 4) is 11.8 Å². The number of hydrogen-bond acceptors (Lipinski definition) is 5. The van der Waals surface area contributed by atoms with Gasteiger partial charge in [0.1, 0.15) is 0 Å². The number of aromatic nitrogens is 2. The summed E-state index contributed by atoms with van der Waals surface area (Å²) >= 11 is 1.40. The van der Waals surface area contributed by atoms with E-state index in [-0.39, 0.29) is 12.4 Å². The molecule has 0 aliphatic carbocycles. The molecule has 2 rings (SSSR count). The van der Waals surface area contributed by atoms with Crippen molar-refractivity contribution >= 4 is 30.0 Å². The molecule has 0 saturated heterocycles. The number of nitrogens with zero attached hydrogens (tertiary/aromatic N) is 3. The van der Waals surface area contributed by atoms with Gasteiger partial charge in [-0.3, -0.25) is 4.98 Å². The van der Waals surface area contributed by atoms with Crippen molar-refractivity contribution in [3.05, 3.63) is 46.2 Å². The molecule has 0 fully saturated rings. The molecule has 98 valence electrons. The van der Waals surface area contributed by atoms with Crippen molar-refractivity contribution in [2.75, 3.05) is 0 Å². The molecule has 2 heterocycles. The van der Waals surface area contributed by atoms with Crippen molar-refractivity contribution in [1.82, 2.24) is 9.97 Å². The second-order valence-electron chi connectivity index (χ2n) is 3.48. The van der Waals surface area contributed by atoms with Gasteiger partial charge in [0.2, 0.25) is 0 Å². The van der Waals surface area contributed by atoms with Crippen LogP contribution in [0.25, 0.3) is 0 Å². The highest BCUT2D eigenvalue weighted by Crippen LogP contribution is 2.09. The maximum atomic E-state index is 8.38. The lowest BCUT2D eigenvalue weighted by atomic mass is 10.2. The molecule has 0 bridgehead atoms. The summed E-state index contributed by atoms with van der Waals surface area (Å²) in [6.07, 6.45) is 8.25. The topological polar surface area (TPSA) is 58.4 Å². The SMILES string of the molecule is Cl.O/N=C\c1cnc(C#CCCc2cccnc2)s1. The summed E-state index contributed by atoms with van der Waals surface area (Å²) in [4.78, 5) is 8.94. The second kappa shape index (κ2) is 8.25. The molecule has 0 saturated carbocycles. The zero-order chi connectivity index (χ0) is 12.6. The quantitative estimate of drug-likeness (QED) is 0.410. The Balaban J connectivity index is 0.00000180. The van der Waals surface area contributed by atoms with Gasteiger partial charge in [-0.1, -0.05) is 17.1 Å². The van der Waals surface area contributed by atoms with Crippen molar-refractivity contribution in [3.63, 3.8) is 0 Å². The third-order valence-electron chi connectivity index (χ3n) is 2.17. The molecule has 0 amide bonds. The lowest BCUT2D eigenvalue weighted by molar-refractivity contribution is 0.322. The van der Waals surface area contributed by atoms with Gasteiger partial charge in [0.25, 0.3) is 0 Å². The van der Waals surface area contributed by atoms with Gasteiger partial charge < -0.3 is 5.21 Å². The third-order valence-corrected chi connectivity index (χ3v) is 3.01. The zero-order valence-corrected chi connectivity index (χ0v) is 11.6. The van der Waals surface area contributed by atoms with Crippen molar-refractivity contribution in [2.45, 2.75) is 12.8 Å². The second-order valence-corrected chi connectivity index (χ2v) is 4.54. The molecule has 0 atom stereocenters. The first kappa shape index (κ1) is 15.2. The van der Waals surface area contributed by atoms with Crippen LogP contribution in [0, 0.1) is 11.8 Å². The Morgan fingerprint density at radius 1 is 1.42 bits per heavy atom. The highest BCUT2D eigenvalue weighted by Gasteiger charge is 1.95. The molecule has 19 heavy (non-hydrogen) atoms. The smallest absolute Gasteiger partial charge is 0.167 e. The summed E-state index contributed by atoms with van der Waals surface area (Å²) in [7, 11) is 0. The molecule has 4 nitrogen and oxygen atoms in total. The van der Waals surface area contributed by atoms with Crippen molar-refractivity contribution < 1.29 is 5.21 Å². The number of thiazole rings is 1. The summed E-state index contributed by atoms with van der Waals surface area (Å²) < 4.78 is 0. The third kappa shape index (κ3) is 5.08. The van der Waals surface area contributed by atoms with Crippen LogP contribution in [-0.2, 0) is 6.42 Å². The van der Waals surface area contributed by atoms with Gasteiger partial charge in [0.15, 0.2) is 5.01 Å². The van der Waals surface area contributed by atoms with Crippen LogP contribution >= 0.6 is 23.7 Å². The minimum atomic E-state index is 0. The Kier molecular flexibility index (Phi) is 6.58. The Hall–Kier alpha value is -1.90. The van der Waals surface area contributed by atoms with Crippen molar-refractivity contribution in [1.29, 1.82) is 0 Å². The number of pyridine rings is 1. The summed E-state index contributed by atoms with van der Waals surface area (Å²) in [5, 5.41) is 12.1. The molecular weight excluding hydrogens is 282 g/mol. The van der Waals surface area contributed by atoms with E-state index >= 15 is 0 Å². The molecule has 0 spiro atoms. The van der Waals surface area contributed by atoms with Crippen LogP contribution in [0.2, 0.25) is 0 Å². The van der Waals surface area contributed by atoms with E-state index in [9.17, 15) is 0 Å². The average Bonchev–Trinajstić information content (AvgIpc) is 2.84. The van der Waals surface area contributed by atoms with E-state index in [1.165, 1.54) is 23.1 Å². The standard InChI is InChI=1S/C13H11N3OS.ClH/c17-16-10-12-9-15-13(18-12)6-2-1-4-11-5-3-7-14-8-11;/h3,5,7-10,17H,1,4H2;1H/b16-10-;. The average molecular weight is 294 g/mol. The van der Waals surface area contributed by atoms with Crippen LogP contribution < -0.4 is 0 Å². The highest BCUT2D eigenvalue weighted by molar-refractivity contribution is 7.13. The summed E-state index contributed by atoms with van der Waals surface area (Å²) in [6.45, 7) is 0. The normalized spacial score (nSPS) is 9.68. The largest absolute Gasteiger partial charge is 0.411 e. The summed E-state index contributed by atoms with van der Waals surface area (Å²) in [5.41, 5.74) is 1.18. The lowest BCUT2D eigenvalue weighted by Crippen LogP contribution is -1.83. The van der Waals surface area contributed by atoms with Crippen LogP contribution in [0.4, 0.5) is 0 Å². The number of rotatable bonds is 3. The predicted molar refractivity (Wildman–Crippen MR) is 78.2 cm³/mol. The van der Waals surface area contributed by atoms with E-state index in [1.807, 2.05) is 18.3 Å². The maximum Gasteiger partial charge on any atom is 0.167 e. The van der Waals surface area contributed by atoms with E-state index < -0.39 is 0 Å². The molecule has 0 aliphatic heterocycles. The Bertz CT molecular complexity index is 587. The van der Waals surface area contributed by atoms with E-state index in [1.54, 1.807) is 12.4 Å². The van der Waals surface area contributed by atoms with Gasteiger partial charge in [-0.05, 0) is 24.0 Å². The first-order valence-corrected chi connectivity index (χ1v) is 6.21. The first-order chi connectivity index (χ1) is 8.88. The first-order valence-electron chi connectivity index (χ1n) is 5.39. The predicted octanol–water partition coefficient (Wildman–Crippen LogP) is 2.75. The number of halogens is 1. The Morgan fingerprint density at radius 2 is 2.32 bits per heavy atom. The van der Waals surface area contributed by atoms with Gasteiger partial charge in [-0.25, -0.2) is 4.98 Å². The summed E-state index contributed by atoms with van der Waals surface area (Å²) in [6, 6.07) is 3.96. The fraction of sp³-hybridized carbons (Fsp3) is 0.154. The molecule has 2 aromatic heterocycles. The van der Waals surface area contributed by atoms with Crippen LogP contribution in [0.5, 0.6) is 0 Å². The fourth-order valence-corrected chi connectivity index (χ4v) is 2.01. The molecule has 1 N–H and O–H groups in total. The van der Waals surface area contributed by atoms with Crippen LogP contribution in [0.1, 0.15) is 21.9 Å². The molecule has 0 radical (unpaired) electrons. The number of oxime groups is 1. The zero-order valence-electron chi connectivity index (χ0n) is 9.98. The molecule has 0 unspecified atom stereocenters. The van der Waals surface area contributed by atoms with Gasteiger partial charge in [0, 0.05) is 25.0 Å². The molecule has 2 aromatic rings. The van der Waals surface area contributed by atoms with Gasteiger partial charge >= 0.3 is 0 Å². The highest BCUT2D eigenvalue weighted by atomic mass is 35.5. The van der Waals surface area contributed by atoms with E-state index in [0.29, 0.717) is 0 Å². The number of hydrogen-bond donors (Lipinski definition) is 1. The van der Waals surface area contributed by atoms with Crippen LogP contribution in [0.15, 0.2) is 35.9 Å². The Labute approximate surface area is 121 Å². The minimum Gasteiger partial charge on any atom is -0.411 e. The lowest BCUT2D eigenvalue weighted by Gasteiger charge is -1.93. The minimum absolute atomic E-state index is 0. The fourth-order valence-electron chi connectivity index (χ4n) is 1.35. The van der Waals surface area contributed by atoms with Gasteiger partial charge in [-0.15, -0.1) is 23.7 Å². The van der Waals surface area contributed by atoms with Crippen molar-refractivity contribution in [2.24, 2.45) is 5.16 Å².